The van der Waals surface area contributed by atoms with Crippen LogP contribution >= 0.6 is 15.9 Å². The fourth-order valence-corrected chi connectivity index (χ4v) is 3.08. The molecule has 1 N–H and O–H groups in total. The van der Waals surface area contributed by atoms with Gasteiger partial charge in [0.1, 0.15) is 0 Å². The minimum Gasteiger partial charge on any atom is -0.341 e. The van der Waals surface area contributed by atoms with Gasteiger partial charge in [0, 0.05) is 4.47 Å². The molecule has 0 saturated heterocycles. The molecule has 0 spiro atoms. The Morgan fingerprint density at radius 3 is 2.08 bits per heavy atom. The molecule has 3 heteroatoms. The van der Waals surface area contributed by atoms with E-state index in [2.05, 4.69) is 52.4 Å². The summed E-state index contributed by atoms with van der Waals surface area (Å²) in [5, 5.41) is 3.16. The van der Waals surface area contributed by atoms with Crippen LogP contribution in [0.2, 0.25) is 0 Å². The average molecular weight is 380 g/mol. The van der Waals surface area contributed by atoms with Crippen molar-refractivity contribution < 1.29 is 4.79 Å². The van der Waals surface area contributed by atoms with E-state index in [1.54, 1.807) is 0 Å². The molecule has 0 heterocycles. The fraction of sp³-hybridized carbons (Fsp3) is 0.0952. The largest absolute Gasteiger partial charge is 0.341 e. The van der Waals surface area contributed by atoms with Gasteiger partial charge in [0.2, 0.25) is 0 Å². The highest BCUT2D eigenvalue weighted by atomic mass is 79.9. The molecule has 0 radical (unpaired) electrons. The van der Waals surface area contributed by atoms with Gasteiger partial charge in [-0.15, -0.1) is 0 Å². The molecule has 0 unspecified atom stereocenters. The van der Waals surface area contributed by atoms with E-state index in [1.165, 1.54) is 5.56 Å². The minimum absolute atomic E-state index is 0.100. The maximum absolute atomic E-state index is 12.7. The first-order valence-electron chi connectivity index (χ1n) is 7.82. The molecule has 3 rings (SSSR count). The third kappa shape index (κ3) is 3.74. The van der Waals surface area contributed by atoms with Gasteiger partial charge in [0.05, 0.1) is 11.6 Å². The molecule has 2 nitrogen and oxygen atoms in total. The number of hydrogen-bond donors (Lipinski definition) is 1. The topological polar surface area (TPSA) is 29.1 Å². The quantitative estimate of drug-likeness (QED) is 0.656. The molecule has 0 aliphatic carbocycles. The van der Waals surface area contributed by atoms with E-state index in [1.807, 2.05) is 54.6 Å². The van der Waals surface area contributed by atoms with Gasteiger partial charge in [-0.3, -0.25) is 4.79 Å². The van der Waals surface area contributed by atoms with Gasteiger partial charge in [-0.25, -0.2) is 0 Å². The first-order chi connectivity index (χ1) is 11.6. The van der Waals surface area contributed by atoms with Crippen LogP contribution in [0.15, 0.2) is 83.3 Å². The van der Waals surface area contributed by atoms with Crippen molar-refractivity contribution in [3.8, 4) is 0 Å². The Bertz CT molecular complexity index is 828. The number of halogens is 1. The van der Waals surface area contributed by atoms with Gasteiger partial charge >= 0.3 is 0 Å². The van der Waals surface area contributed by atoms with Gasteiger partial charge in [-0.05, 0) is 46.1 Å². The first kappa shape index (κ1) is 16.5. The monoisotopic (exact) mass is 379 g/mol. The Morgan fingerprint density at radius 2 is 1.42 bits per heavy atom. The highest BCUT2D eigenvalue weighted by Crippen LogP contribution is 2.24. The predicted octanol–water partition coefficient (Wildman–Crippen LogP) is 5.28. The van der Waals surface area contributed by atoms with Crippen LogP contribution in [-0.2, 0) is 0 Å². The normalized spacial score (nSPS) is 11.8. The summed E-state index contributed by atoms with van der Waals surface area (Å²) in [6.07, 6.45) is 0. The van der Waals surface area contributed by atoms with Crippen molar-refractivity contribution in [2.45, 2.75) is 13.0 Å². The molecule has 3 aromatic rings. The number of rotatable bonds is 4. The van der Waals surface area contributed by atoms with Crippen molar-refractivity contribution in [3.63, 3.8) is 0 Å². The zero-order chi connectivity index (χ0) is 16.9. The number of hydrogen-bond acceptors (Lipinski definition) is 1. The molecule has 0 bridgehead atoms. The molecule has 0 saturated carbocycles. The molecule has 24 heavy (non-hydrogen) atoms. The van der Waals surface area contributed by atoms with Crippen LogP contribution in [0.25, 0.3) is 0 Å². The smallest absolute Gasteiger partial charge is 0.253 e. The summed E-state index contributed by atoms with van der Waals surface area (Å²) in [6, 6.07) is 25.5. The molecular weight excluding hydrogens is 362 g/mol. The standard InChI is InChI=1S/C21H18BrNO/c1-15-11-13-17(14-12-15)20(16-7-3-2-4-8-16)23-21(24)18-9-5-6-10-19(18)22/h2-14,20H,1H3,(H,23,24)/t20-/m0/s1. The predicted molar refractivity (Wildman–Crippen MR) is 101 cm³/mol. The highest BCUT2D eigenvalue weighted by Gasteiger charge is 2.18. The second kappa shape index (κ2) is 7.45. The van der Waals surface area contributed by atoms with Crippen molar-refractivity contribution in [2.75, 3.05) is 0 Å². The average Bonchev–Trinajstić information content (AvgIpc) is 2.61. The molecule has 120 valence electrons. The van der Waals surface area contributed by atoms with Crippen molar-refractivity contribution in [2.24, 2.45) is 0 Å². The van der Waals surface area contributed by atoms with Gasteiger partial charge in [-0.2, -0.15) is 0 Å². The Morgan fingerprint density at radius 1 is 0.833 bits per heavy atom. The van der Waals surface area contributed by atoms with E-state index in [-0.39, 0.29) is 11.9 Å². The third-order valence-corrected chi connectivity index (χ3v) is 4.63. The molecule has 0 aromatic heterocycles. The van der Waals surface area contributed by atoms with Crippen LogP contribution in [0.3, 0.4) is 0 Å². The maximum Gasteiger partial charge on any atom is 0.253 e. The van der Waals surface area contributed by atoms with Crippen LogP contribution in [0.5, 0.6) is 0 Å². The van der Waals surface area contributed by atoms with E-state index >= 15 is 0 Å². The summed E-state index contributed by atoms with van der Waals surface area (Å²) in [7, 11) is 0. The summed E-state index contributed by atoms with van der Waals surface area (Å²) in [6.45, 7) is 2.06. The minimum atomic E-state index is -0.189. The second-order valence-electron chi connectivity index (χ2n) is 5.71. The Labute approximate surface area is 150 Å². The summed E-state index contributed by atoms with van der Waals surface area (Å²) in [5.74, 6) is -0.100. The van der Waals surface area contributed by atoms with E-state index in [4.69, 9.17) is 0 Å². The lowest BCUT2D eigenvalue weighted by Crippen LogP contribution is -2.29. The molecule has 0 fully saturated rings. The fourth-order valence-electron chi connectivity index (χ4n) is 2.62. The number of aryl methyl sites for hydroxylation is 1. The maximum atomic E-state index is 12.7. The van der Waals surface area contributed by atoms with Crippen molar-refractivity contribution in [1.82, 2.24) is 5.32 Å². The summed E-state index contributed by atoms with van der Waals surface area (Å²) in [4.78, 5) is 12.7. The lowest BCUT2D eigenvalue weighted by molar-refractivity contribution is 0.0942. The molecular formula is C21H18BrNO. The second-order valence-corrected chi connectivity index (χ2v) is 6.56. The van der Waals surface area contributed by atoms with Gasteiger partial charge in [-0.1, -0.05) is 72.3 Å². The number of nitrogens with one attached hydrogen (secondary N) is 1. The Hall–Kier alpha value is -2.39. The summed E-state index contributed by atoms with van der Waals surface area (Å²) < 4.78 is 0.790. The van der Waals surface area contributed by atoms with E-state index in [9.17, 15) is 4.79 Å². The Kier molecular flexibility index (Phi) is 5.11. The van der Waals surface area contributed by atoms with Gasteiger partial charge < -0.3 is 5.32 Å². The zero-order valence-electron chi connectivity index (χ0n) is 13.4. The van der Waals surface area contributed by atoms with Crippen LogP contribution in [0.4, 0.5) is 0 Å². The zero-order valence-corrected chi connectivity index (χ0v) is 15.0. The van der Waals surface area contributed by atoms with Crippen molar-refractivity contribution in [3.05, 3.63) is 106 Å². The third-order valence-electron chi connectivity index (χ3n) is 3.94. The van der Waals surface area contributed by atoms with Crippen molar-refractivity contribution in [1.29, 1.82) is 0 Å². The van der Waals surface area contributed by atoms with Crippen molar-refractivity contribution >= 4 is 21.8 Å². The van der Waals surface area contributed by atoms with Gasteiger partial charge in [0.25, 0.3) is 5.91 Å². The van der Waals surface area contributed by atoms with Crippen LogP contribution in [0.1, 0.15) is 33.1 Å². The summed E-state index contributed by atoms with van der Waals surface area (Å²) in [5.41, 5.74) is 3.95. The van der Waals surface area contributed by atoms with Gasteiger partial charge in [0.15, 0.2) is 0 Å². The van der Waals surface area contributed by atoms with Crippen LogP contribution in [-0.4, -0.2) is 5.91 Å². The molecule has 1 atom stereocenters. The SMILES string of the molecule is Cc1ccc([C@@H](NC(=O)c2ccccc2Br)c2ccccc2)cc1. The lowest BCUT2D eigenvalue weighted by Gasteiger charge is -2.20. The molecule has 0 aliphatic rings. The molecule has 0 aliphatic heterocycles. The molecule has 3 aromatic carbocycles. The molecule has 1 amide bonds. The summed E-state index contributed by atoms with van der Waals surface area (Å²) >= 11 is 3.45. The van der Waals surface area contributed by atoms with E-state index < -0.39 is 0 Å². The van der Waals surface area contributed by atoms with E-state index in [0.717, 1.165) is 15.6 Å². The Balaban J connectivity index is 1.95. The number of carbonyl (C=O) groups excluding carboxylic acids is 1. The number of amides is 1. The van der Waals surface area contributed by atoms with Crippen LogP contribution in [0, 0.1) is 6.92 Å². The van der Waals surface area contributed by atoms with Crippen LogP contribution < -0.4 is 5.32 Å². The lowest BCUT2D eigenvalue weighted by atomic mass is 9.97. The highest BCUT2D eigenvalue weighted by molar-refractivity contribution is 9.10. The number of benzene rings is 3. The number of carbonyl (C=O) groups is 1. The first-order valence-corrected chi connectivity index (χ1v) is 8.61. The van der Waals surface area contributed by atoms with E-state index in [0.29, 0.717) is 5.56 Å².